The topological polar surface area (TPSA) is 69.5 Å². The highest BCUT2D eigenvalue weighted by Crippen LogP contribution is 2.24. The fourth-order valence-corrected chi connectivity index (χ4v) is 3.44. The van der Waals surface area contributed by atoms with E-state index in [1.54, 1.807) is 12.1 Å². The summed E-state index contributed by atoms with van der Waals surface area (Å²) in [5.74, 6) is -0.458. The van der Waals surface area contributed by atoms with Crippen molar-refractivity contribution in [2.75, 3.05) is 13.1 Å². The first kappa shape index (κ1) is 15.3. The number of benzene rings is 1. The first-order valence-corrected chi connectivity index (χ1v) is 8.22. The summed E-state index contributed by atoms with van der Waals surface area (Å²) < 4.78 is 5.05. The highest BCUT2D eigenvalue weighted by Gasteiger charge is 2.21. The Morgan fingerprint density at radius 2 is 2.32 bits per heavy atom. The number of piperidine rings is 1. The average Bonchev–Trinajstić information content (AvgIpc) is 2.91. The molecule has 3 rings (SSSR count). The second-order valence-electron chi connectivity index (χ2n) is 6.17. The Labute approximate surface area is 129 Å². The molecule has 120 valence electrons. The first-order chi connectivity index (χ1) is 10.7. The molecule has 1 saturated heterocycles. The van der Waals surface area contributed by atoms with E-state index in [0.29, 0.717) is 23.6 Å². The Hall–Kier alpha value is -1.59. The normalized spacial score (nSPS) is 21.3. The molecular formula is C17H24N2O3. The van der Waals surface area contributed by atoms with Gasteiger partial charge in [-0.05, 0) is 49.9 Å². The third-order valence-corrected chi connectivity index (χ3v) is 4.74. The fourth-order valence-electron chi connectivity index (χ4n) is 3.44. The van der Waals surface area contributed by atoms with E-state index in [2.05, 4.69) is 16.8 Å². The molecule has 0 amide bonds. The molecule has 0 bridgehead atoms. The van der Waals surface area contributed by atoms with Crippen LogP contribution in [-0.2, 0) is 0 Å². The van der Waals surface area contributed by atoms with E-state index in [1.807, 2.05) is 6.07 Å². The number of aliphatic hydroxyl groups is 1. The van der Waals surface area contributed by atoms with Gasteiger partial charge in [-0.1, -0.05) is 19.4 Å². The number of oxazole rings is 1. The van der Waals surface area contributed by atoms with Crippen LogP contribution in [0.3, 0.4) is 0 Å². The van der Waals surface area contributed by atoms with E-state index in [1.165, 1.54) is 25.7 Å². The Balaban J connectivity index is 1.64. The van der Waals surface area contributed by atoms with Crippen LogP contribution >= 0.6 is 0 Å². The van der Waals surface area contributed by atoms with E-state index in [0.717, 1.165) is 18.7 Å². The van der Waals surface area contributed by atoms with Crippen LogP contribution in [0.15, 0.2) is 27.4 Å². The Bertz CT molecular complexity index is 676. The molecule has 5 heteroatoms. The maximum atomic E-state index is 11.2. The minimum Gasteiger partial charge on any atom is -0.408 e. The second-order valence-corrected chi connectivity index (χ2v) is 6.17. The largest absolute Gasteiger partial charge is 0.417 e. The predicted molar refractivity (Wildman–Crippen MR) is 85.9 cm³/mol. The molecule has 1 aromatic carbocycles. The molecule has 1 aliphatic rings. The molecule has 1 aliphatic heterocycles. The van der Waals surface area contributed by atoms with Gasteiger partial charge in [-0.2, -0.15) is 0 Å². The number of nitrogens with zero attached hydrogens (tertiary/aromatic N) is 1. The molecule has 22 heavy (non-hydrogen) atoms. The van der Waals surface area contributed by atoms with Gasteiger partial charge < -0.3 is 14.4 Å². The maximum absolute atomic E-state index is 11.2. The smallest absolute Gasteiger partial charge is 0.408 e. The zero-order valence-corrected chi connectivity index (χ0v) is 13.0. The molecule has 5 nitrogen and oxygen atoms in total. The molecule has 2 aromatic rings. The lowest BCUT2D eigenvalue weighted by Gasteiger charge is -2.35. The number of hydrogen-bond donors (Lipinski definition) is 2. The Morgan fingerprint density at radius 1 is 1.45 bits per heavy atom. The number of likely N-dealkylation sites (tertiary alicyclic amines) is 1. The average molecular weight is 304 g/mol. The number of hydrogen-bond acceptors (Lipinski definition) is 4. The number of aliphatic hydroxyl groups excluding tert-OH is 1. The van der Waals surface area contributed by atoms with Crippen LogP contribution in [0, 0.1) is 0 Å². The summed E-state index contributed by atoms with van der Waals surface area (Å²) in [7, 11) is 0. The zero-order chi connectivity index (χ0) is 15.5. The number of aromatic amines is 1. The van der Waals surface area contributed by atoms with Crippen LogP contribution in [0.2, 0.25) is 0 Å². The van der Waals surface area contributed by atoms with Gasteiger partial charge in [0.05, 0.1) is 11.6 Å². The zero-order valence-electron chi connectivity index (χ0n) is 13.0. The maximum Gasteiger partial charge on any atom is 0.417 e. The lowest BCUT2D eigenvalue weighted by Crippen LogP contribution is -2.40. The summed E-state index contributed by atoms with van der Waals surface area (Å²) in [5, 5.41) is 10.4. The van der Waals surface area contributed by atoms with Gasteiger partial charge in [0.1, 0.15) is 0 Å². The van der Waals surface area contributed by atoms with Crippen molar-refractivity contribution in [3.63, 3.8) is 0 Å². The number of H-pyrrole nitrogens is 1. The van der Waals surface area contributed by atoms with Gasteiger partial charge in [-0.3, -0.25) is 4.98 Å². The summed E-state index contributed by atoms with van der Waals surface area (Å²) in [6.07, 6.45) is 5.21. The Kier molecular flexibility index (Phi) is 4.64. The van der Waals surface area contributed by atoms with Crippen LogP contribution < -0.4 is 5.76 Å². The van der Waals surface area contributed by atoms with Crippen molar-refractivity contribution in [3.8, 4) is 0 Å². The van der Waals surface area contributed by atoms with E-state index in [-0.39, 0.29) is 0 Å². The van der Waals surface area contributed by atoms with Crippen molar-refractivity contribution >= 4 is 11.1 Å². The van der Waals surface area contributed by atoms with Gasteiger partial charge >= 0.3 is 5.76 Å². The van der Waals surface area contributed by atoms with Gasteiger partial charge in [0, 0.05) is 12.6 Å². The number of aromatic nitrogens is 1. The summed E-state index contributed by atoms with van der Waals surface area (Å²) in [6, 6.07) is 6.05. The minimum absolute atomic E-state index is 0.458. The summed E-state index contributed by atoms with van der Waals surface area (Å²) >= 11 is 0. The lowest BCUT2D eigenvalue weighted by molar-refractivity contribution is 0.101. The molecule has 1 aromatic heterocycles. The summed E-state index contributed by atoms with van der Waals surface area (Å²) in [4.78, 5) is 16.3. The molecule has 0 spiro atoms. The lowest BCUT2D eigenvalue weighted by atomic mass is 9.98. The van der Waals surface area contributed by atoms with E-state index in [4.69, 9.17) is 4.42 Å². The quantitative estimate of drug-likeness (QED) is 0.891. The summed E-state index contributed by atoms with van der Waals surface area (Å²) in [6.45, 7) is 4.28. The van der Waals surface area contributed by atoms with Crippen LogP contribution in [0.5, 0.6) is 0 Å². The van der Waals surface area contributed by atoms with Gasteiger partial charge in [0.15, 0.2) is 5.58 Å². The number of rotatable bonds is 5. The molecule has 1 fully saturated rings. The van der Waals surface area contributed by atoms with Crippen molar-refractivity contribution in [1.29, 1.82) is 0 Å². The molecule has 2 atom stereocenters. The van der Waals surface area contributed by atoms with E-state index >= 15 is 0 Å². The van der Waals surface area contributed by atoms with E-state index < -0.39 is 11.9 Å². The first-order valence-electron chi connectivity index (χ1n) is 8.22. The number of nitrogens with one attached hydrogen (secondary N) is 1. The summed E-state index contributed by atoms with van der Waals surface area (Å²) in [5.41, 5.74) is 1.98. The molecule has 2 heterocycles. The highest BCUT2D eigenvalue weighted by molar-refractivity contribution is 5.72. The van der Waals surface area contributed by atoms with Crippen molar-refractivity contribution in [3.05, 3.63) is 34.3 Å². The van der Waals surface area contributed by atoms with Gasteiger partial charge in [-0.25, -0.2) is 4.79 Å². The standard InChI is InChI=1S/C17H24N2O3/c1-2-13-5-3-4-9-19(13)10-8-15(20)12-6-7-14-16(11-12)22-17(21)18-14/h6-7,11,13,15,20H,2-5,8-10H2,1H3,(H,18,21). The SMILES string of the molecule is CCC1CCCCN1CCC(O)c1ccc2[nH]c(=O)oc2c1. The highest BCUT2D eigenvalue weighted by atomic mass is 16.4. The molecule has 0 saturated carbocycles. The molecule has 2 N–H and O–H groups in total. The Morgan fingerprint density at radius 3 is 3.14 bits per heavy atom. The van der Waals surface area contributed by atoms with E-state index in [9.17, 15) is 9.90 Å². The van der Waals surface area contributed by atoms with Crippen LogP contribution in [0.1, 0.15) is 50.7 Å². The van der Waals surface area contributed by atoms with Crippen LogP contribution in [0.25, 0.3) is 11.1 Å². The molecule has 0 aliphatic carbocycles. The van der Waals surface area contributed by atoms with Crippen LogP contribution in [-0.4, -0.2) is 34.1 Å². The molecule has 2 unspecified atom stereocenters. The van der Waals surface area contributed by atoms with Crippen molar-refractivity contribution in [2.24, 2.45) is 0 Å². The monoisotopic (exact) mass is 304 g/mol. The van der Waals surface area contributed by atoms with Gasteiger partial charge in [-0.15, -0.1) is 0 Å². The van der Waals surface area contributed by atoms with Crippen molar-refractivity contribution < 1.29 is 9.52 Å². The molecule has 0 radical (unpaired) electrons. The third kappa shape index (κ3) is 3.25. The third-order valence-electron chi connectivity index (χ3n) is 4.74. The second kappa shape index (κ2) is 6.67. The fraction of sp³-hybridized carbons (Fsp3) is 0.588. The minimum atomic E-state index is -0.524. The number of fused-ring (bicyclic) bond motifs is 1. The van der Waals surface area contributed by atoms with Gasteiger partial charge in [0.2, 0.25) is 0 Å². The molecular weight excluding hydrogens is 280 g/mol. The van der Waals surface area contributed by atoms with Crippen molar-refractivity contribution in [1.82, 2.24) is 9.88 Å². The predicted octanol–water partition coefficient (Wildman–Crippen LogP) is 2.81. The van der Waals surface area contributed by atoms with Gasteiger partial charge in [0.25, 0.3) is 0 Å². The van der Waals surface area contributed by atoms with Crippen molar-refractivity contribution in [2.45, 2.75) is 51.2 Å². The van der Waals surface area contributed by atoms with Crippen LogP contribution in [0.4, 0.5) is 0 Å².